The van der Waals surface area contributed by atoms with Gasteiger partial charge in [-0.1, -0.05) is 38.8 Å². The summed E-state index contributed by atoms with van der Waals surface area (Å²) in [5.41, 5.74) is 6.01. The average molecular weight is 403 g/mol. The van der Waals surface area contributed by atoms with Gasteiger partial charge in [-0.25, -0.2) is 0 Å². The van der Waals surface area contributed by atoms with E-state index in [9.17, 15) is 14.4 Å². The van der Waals surface area contributed by atoms with E-state index in [1.54, 1.807) is 24.3 Å². The smallest absolute Gasteiger partial charge is 0.261 e. The van der Waals surface area contributed by atoms with E-state index in [1.165, 1.54) is 12.8 Å². The number of rotatable bonds is 4. The summed E-state index contributed by atoms with van der Waals surface area (Å²) in [6.07, 6.45) is 3.45. The fourth-order valence-corrected chi connectivity index (χ4v) is 4.04. The number of carbonyl (C=O) groups is 3. The zero-order valence-electron chi connectivity index (χ0n) is 16.2. The van der Waals surface area contributed by atoms with Crippen LogP contribution in [-0.4, -0.2) is 40.3 Å². The highest BCUT2D eigenvalue weighted by molar-refractivity contribution is 7.80. The van der Waals surface area contributed by atoms with E-state index >= 15 is 0 Å². The van der Waals surface area contributed by atoms with Crippen molar-refractivity contribution in [2.75, 3.05) is 6.54 Å². The Morgan fingerprint density at radius 3 is 2.39 bits per heavy atom. The van der Waals surface area contributed by atoms with E-state index in [4.69, 9.17) is 12.2 Å². The Labute approximate surface area is 170 Å². The van der Waals surface area contributed by atoms with Gasteiger partial charge in [-0.15, -0.1) is 0 Å². The lowest BCUT2D eigenvalue weighted by Gasteiger charge is -2.35. The van der Waals surface area contributed by atoms with Gasteiger partial charge in [-0.05, 0) is 42.6 Å². The molecule has 3 N–H and O–H groups in total. The molecule has 28 heavy (non-hydrogen) atoms. The largest absolute Gasteiger partial charge is 0.358 e. The number of hydrogen-bond donors (Lipinski definition) is 3. The molecule has 3 rings (SSSR count). The number of nitrogens with one attached hydrogen (secondary N) is 3. The van der Waals surface area contributed by atoms with E-state index in [0.717, 1.165) is 11.3 Å². The van der Waals surface area contributed by atoms with Crippen molar-refractivity contribution in [3.63, 3.8) is 0 Å². The number of nitrogens with zero attached hydrogens (tertiary/aromatic N) is 1. The predicted octanol–water partition coefficient (Wildman–Crippen LogP) is 1.99. The molecule has 1 aliphatic heterocycles. The highest BCUT2D eigenvalue weighted by Gasteiger charge is 2.35. The molecule has 1 aromatic rings. The average Bonchev–Trinajstić information content (AvgIpc) is 2.93. The molecule has 3 amide bonds. The second kappa shape index (κ2) is 8.68. The van der Waals surface area contributed by atoms with Crippen molar-refractivity contribution in [1.82, 2.24) is 21.1 Å². The van der Waals surface area contributed by atoms with Crippen LogP contribution in [0.3, 0.4) is 0 Å². The number of benzene rings is 1. The summed E-state index contributed by atoms with van der Waals surface area (Å²) >= 11 is 5.27. The van der Waals surface area contributed by atoms with Crippen LogP contribution >= 0.6 is 12.2 Å². The van der Waals surface area contributed by atoms with Crippen LogP contribution < -0.4 is 16.2 Å². The van der Waals surface area contributed by atoms with Gasteiger partial charge in [-0.2, -0.15) is 0 Å². The molecule has 150 valence electrons. The molecular weight excluding hydrogens is 376 g/mol. The summed E-state index contributed by atoms with van der Waals surface area (Å²) in [5.74, 6) is 0.0880. The summed E-state index contributed by atoms with van der Waals surface area (Å²) in [5, 5.41) is 3.64. The SMILES string of the molecule is C[C@@H]1[C@H](C)CCC[C@H]1NC(=S)NNC(=O)CCN1C(=O)c2ccccc2C1=O. The summed E-state index contributed by atoms with van der Waals surface area (Å²) in [6.45, 7) is 4.48. The first-order chi connectivity index (χ1) is 13.4. The number of fused-ring (bicyclic) bond motifs is 1. The molecule has 0 bridgehead atoms. The maximum Gasteiger partial charge on any atom is 0.261 e. The fourth-order valence-electron chi connectivity index (χ4n) is 3.83. The van der Waals surface area contributed by atoms with Crippen molar-refractivity contribution in [3.05, 3.63) is 35.4 Å². The van der Waals surface area contributed by atoms with Crippen molar-refractivity contribution < 1.29 is 14.4 Å². The lowest BCUT2D eigenvalue weighted by Crippen LogP contribution is -2.52. The van der Waals surface area contributed by atoms with Gasteiger partial charge in [0.2, 0.25) is 5.91 Å². The highest BCUT2D eigenvalue weighted by atomic mass is 32.1. The van der Waals surface area contributed by atoms with Gasteiger partial charge in [0.1, 0.15) is 0 Å². The molecule has 0 unspecified atom stereocenters. The molecule has 1 heterocycles. The summed E-state index contributed by atoms with van der Waals surface area (Å²) in [4.78, 5) is 37.8. The van der Waals surface area contributed by atoms with Crippen molar-refractivity contribution in [3.8, 4) is 0 Å². The molecule has 0 saturated heterocycles. The lowest BCUT2D eigenvalue weighted by atomic mass is 9.78. The van der Waals surface area contributed by atoms with Crippen molar-refractivity contribution in [2.24, 2.45) is 11.8 Å². The van der Waals surface area contributed by atoms with E-state index in [1.807, 2.05) is 0 Å². The number of thiocarbonyl (C=S) groups is 1. The van der Waals surface area contributed by atoms with Gasteiger partial charge in [0.25, 0.3) is 11.8 Å². The minimum absolute atomic E-state index is 0.00204. The number of amides is 3. The van der Waals surface area contributed by atoms with E-state index in [0.29, 0.717) is 34.1 Å². The minimum atomic E-state index is -0.362. The van der Waals surface area contributed by atoms with Crippen LogP contribution in [-0.2, 0) is 4.79 Å². The summed E-state index contributed by atoms with van der Waals surface area (Å²) < 4.78 is 0. The normalized spacial score (nSPS) is 23.9. The van der Waals surface area contributed by atoms with E-state index < -0.39 is 0 Å². The van der Waals surface area contributed by atoms with E-state index in [-0.39, 0.29) is 30.7 Å². The number of hydrogen-bond acceptors (Lipinski definition) is 4. The van der Waals surface area contributed by atoms with Crippen LogP contribution in [0.5, 0.6) is 0 Å². The maximum absolute atomic E-state index is 12.3. The molecule has 0 spiro atoms. The van der Waals surface area contributed by atoms with Crippen LogP contribution in [0.15, 0.2) is 24.3 Å². The molecule has 2 aliphatic rings. The third-order valence-electron chi connectivity index (χ3n) is 5.78. The molecule has 0 aromatic heterocycles. The third-order valence-corrected chi connectivity index (χ3v) is 6.00. The lowest BCUT2D eigenvalue weighted by molar-refractivity contribution is -0.121. The Balaban J connectivity index is 1.42. The highest BCUT2D eigenvalue weighted by Crippen LogP contribution is 2.29. The first-order valence-corrected chi connectivity index (χ1v) is 10.1. The van der Waals surface area contributed by atoms with Crippen LogP contribution in [0, 0.1) is 11.8 Å². The molecule has 8 heteroatoms. The van der Waals surface area contributed by atoms with Gasteiger partial charge < -0.3 is 5.32 Å². The zero-order valence-corrected chi connectivity index (χ0v) is 17.0. The number of imide groups is 1. The third kappa shape index (κ3) is 4.32. The molecule has 1 fully saturated rings. The standard InChI is InChI=1S/C20H26N4O3S/c1-12-6-5-9-16(13(12)2)21-20(28)23-22-17(25)10-11-24-18(26)14-7-3-4-8-15(14)19(24)27/h3-4,7-8,12-13,16H,5-6,9-11H2,1-2H3,(H,22,25)(H2,21,23,28)/t12-,13-,16-/m1/s1. The molecule has 1 aromatic carbocycles. The molecular formula is C20H26N4O3S. The molecule has 7 nitrogen and oxygen atoms in total. The molecule has 0 radical (unpaired) electrons. The predicted molar refractivity (Wildman–Crippen MR) is 109 cm³/mol. The topological polar surface area (TPSA) is 90.5 Å². The monoisotopic (exact) mass is 402 g/mol. The molecule has 1 aliphatic carbocycles. The van der Waals surface area contributed by atoms with E-state index in [2.05, 4.69) is 30.0 Å². The fraction of sp³-hybridized carbons (Fsp3) is 0.500. The van der Waals surface area contributed by atoms with Crippen molar-refractivity contribution in [1.29, 1.82) is 0 Å². The minimum Gasteiger partial charge on any atom is -0.358 e. The molecule has 3 atom stereocenters. The van der Waals surface area contributed by atoms with Crippen molar-refractivity contribution >= 4 is 35.1 Å². The Kier molecular flexibility index (Phi) is 6.28. The Morgan fingerprint density at radius 1 is 1.11 bits per heavy atom. The Bertz CT molecular complexity index is 762. The van der Waals surface area contributed by atoms with Gasteiger partial charge in [0.05, 0.1) is 11.1 Å². The quantitative estimate of drug-likeness (QED) is 0.405. The zero-order chi connectivity index (χ0) is 20.3. The van der Waals surface area contributed by atoms with Gasteiger partial charge in [-0.3, -0.25) is 30.1 Å². The molecule has 1 saturated carbocycles. The van der Waals surface area contributed by atoms with Crippen molar-refractivity contribution in [2.45, 2.75) is 45.6 Å². The number of carbonyl (C=O) groups excluding carboxylic acids is 3. The Morgan fingerprint density at radius 2 is 1.75 bits per heavy atom. The summed E-state index contributed by atoms with van der Waals surface area (Å²) in [6, 6.07) is 6.96. The Hall–Kier alpha value is -2.48. The second-order valence-electron chi connectivity index (χ2n) is 7.58. The van der Waals surface area contributed by atoms with Gasteiger partial charge in [0.15, 0.2) is 5.11 Å². The maximum atomic E-state index is 12.3. The second-order valence-corrected chi connectivity index (χ2v) is 7.99. The van der Waals surface area contributed by atoms with Crippen LogP contribution in [0.4, 0.5) is 0 Å². The van der Waals surface area contributed by atoms with Gasteiger partial charge >= 0.3 is 0 Å². The first kappa shape index (κ1) is 20.3. The number of hydrazine groups is 1. The first-order valence-electron chi connectivity index (χ1n) is 9.69. The van der Waals surface area contributed by atoms with Gasteiger partial charge in [0, 0.05) is 19.0 Å². The summed E-state index contributed by atoms with van der Waals surface area (Å²) in [7, 11) is 0. The van der Waals surface area contributed by atoms with Crippen LogP contribution in [0.1, 0.15) is 60.2 Å². The van der Waals surface area contributed by atoms with Crippen LogP contribution in [0.25, 0.3) is 0 Å². The van der Waals surface area contributed by atoms with Crippen LogP contribution in [0.2, 0.25) is 0 Å².